The van der Waals surface area contributed by atoms with E-state index in [2.05, 4.69) is 6.58 Å². The topological polar surface area (TPSA) is 92.5 Å². The van der Waals surface area contributed by atoms with E-state index in [0.29, 0.717) is 11.3 Å². The molecule has 0 spiro atoms. The maximum absolute atomic E-state index is 9.48. The van der Waals surface area contributed by atoms with Gasteiger partial charge < -0.3 is 21.7 Å². The maximum atomic E-state index is 9.48. The molecular weight excluding hydrogens is 216 g/mol. The number of aliphatic hydroxyl groups is 1. The van der Waals surface area contributed by atoms with Gasteiger partial charge in [-0.25, -0.2) is 0 Å². The number of nitrogen functional groups attached to an aromatic ring is 1. The lowest BCUT2D eigenvalue weighted by molar-refractivity contribution is 0.381. The maximum Gasteiger partial charge on any atom is 0.138 e. The predicted octanol–water partition coefficient (Wildman–Crippen LogP) is 1.70. The SMILES string of the molecule is C=C1C(c2ccc(O)c(N)c2)=CC=C(O)C1N. The van der Waals surface area contributed by atoms with Crippen molar-refractivity contribution in [3.05, 3.63) is 53.8 Å². The van der Waals surface area contributed by atoms with Crippen molar-refractivity contribution in [1.29, 1.82) is 0 Å². The molecule has 0 aliphatic heterocycles. The van der Waals surface area contributed by atoms with Crippen molar-refractivity contribution < 1.29 is 10.2 Å². The number of hydrogen-bond donors (Lipinski definition) is 4. The van der Waals surface area contributed by atoms with Gasteiger partial charge in [-0.3, -0.25) is 0 Å². The minimum absolute atomic E-state index is 0.0402. The summed E-state index contributed by atoms with van der Waals surface area (Å²) in [4.78, 5) is 0. The van der Waals surface area contributed by atoms with Crippen LogP contribution in [0.25, 0.3) is 5.57 Å². The molecule has 6 N–H and O–H groups in total. The summed E-state index contributed by atoms with van der Waals surface area (Å²) in [6.07, 6.45) is 3.27. The van der Waals surface area contributed by atoms with E-state index >= 15 is 0 Å². The van der Waals surface area contributed by atoms with E-state index in [0.717, 1.165) is 11.1 Å². The van der Waals surface area contributed by atoms with Gasteiger partial charge in [0.15, 0.2) is 0 Å². The van der Waals surface area contributed by atoms with Crippen LogP contribution in [0.3, 0.4) is 0 Å². The second-order valence-electron chi connectivity index (χ2n) is 3.95. The standard InChI is InChI=1S/C13H14N2O2/c1-7-9(3-5-12(17)13(7)15)8-2-4-11(16)10(14)6-8/h2-6,13,16-17H,1,14-15H2. The smallest absolute Gasteiger partial charge is 0.138 e. The summed E-state index contributed by atoms with van der Waals surface area (Å²) in [6.45, 7) is 3.86. The monoisotopic (exact) mass is 230 g/mol. The van der Waals surface area contributed by atoms with Crippen LogP contribution in [0.2, 0.25) is 0 Å². The summed E-state index contributed by atoms with van der Waals surface area (Å²) < 4.78 is 0. The highest BCUT2D eigenvalue weighted by Gasteiger charge is 2.20. The van der Waals surface area contributed by atoms with Crippen molar-refractivity contribution >= 4 is 11.3 Å². The molecule has 0 saturated heterocycles. The molecule has 88 valence electrons. The molecule has 4 nitrogen and oxygen atoms in total. The molecule has 0 heterocycles. The first-order valence-corrected chi connectivity index (χ1v) is 5.15. The lowest BCUT2D eigenvalue weighted by Gasteiger charge is -2.21. The zero-order chi connectivity index (χ0) is 12.6. The summed E-state index contributed by atoms with van der Waals surface area (Å²) in [6, 6.07) is 4.30. The van der Waals surface area contributed by atoms with Crippen LogP contribution >= 0.6 is 0 Å². The summed E-state index contributed by atoms with van der Waals surface area (Å²) >= 11 is 0. The molecular formula is C13H14N2O2. The van der Waals surface area contributed by atoms with Gasteiger partial charge in [-0.1, -0.05) is 18.7 Å². The largest absolute Gasteiger partial charge is 0.510 e. The number of anilines is 1. The Hall–Kier alpha value is -2.20. The Labute approximate surface area is 99.2 Å². The van der Waals surface area contributed by atoms with E-state index in [9.17, 15) is 10.2 Å². The van der Waals surface area contributed by atoms with Crippen molar-refractivity contribution in [2.75, 3.05) is 5.73 Å². The van der Waals surface area contributed by atoms with Crippen molar-refractivity contribution in [2.45, 2.75) is 6.04 Å². The summed E-state index contributed by atoms with van der Waals surface area (Å²) in [5.41, 5.74) is 13.9. The van der Waals surface area contributed by atoms with Gasteiger partial charge in [0.2, 0.25) is 0 Å². The van der Waals surface area contributed by atoms with Crippen molar-refractivity contribution in [2.24, 2.45) is 5.73 Å². The number of aromatic hydroxyl groups is 1. The lowest BCUT2D eigenvalue weighted by Crippen LogP contribution is -2.27. The third-order valence-electron chi connectivity index (χ3n) is 2.80. The Morgan fingerprint density at radius 1 is 1.18 bits per heavy atom. The third kappa shape index (κ3) is 1.90. The molecule has 0 bridgehead atoms. The number of phenols is 1. The van der Waals surface area contributed by atoms with E-state index in [1.807, 2.05) is 0 Å². The molecule has 0 amide bonds. The second kappa shape index (κ2) is 3.99. The van der Waals surface area contributed by atoms with Gasteiger partial charge in [-0.15, -0.1) is 0 Å². The lowest BCUT2D eigenvalue weighted by atomic mass is 9.89. The van der Waals surface area contributed by atoms with Crippen molar-refractivity contribution in [3.63, 3.8) is 0 Å². The average Bonchev–Trinajstić information content (AvgIpc) is 2.30. The fourth-order valence-electron chi connectivity index (χ4n) is 1.73. The molecule has 2 rings (SSSR count). The molecule has 0 radical (unpaired) electrons. The van der Waals surface area contributed by atoms with Gasteiger partial charge in [-0.2, -0.15) is 0 Å². The normalized spacial score (nSPS) is 19.8. The van der Waals surface area contributed by atoms with Crippen LogP contribution in [-0.2, 0) is 0 Å². The molecule has 1 unspecified atom stereocenters. The molecule has 0 aromatic heterocycles. The second-order valence-corrected chi connectivity index (χ2v) is 3.95. The van der Waals surface area contributed by atoms with Gasteiger partial charge in [0, 0.05) is 0 Å². The summed E-state index contributed by atoms with van der Waals surface area (Å²) in [5.74, 6) is 0.129. The van der Waals surface area contributed by atoms with E-state index in [4.69, 9.17) is 11.5 Å². The molecule has 0 saturated carbocycles. The fraction of sp³-hybridized carbons (Fsp3) is 0.0769. The first-order chi connectivity index (χ1) is 8.00. The van der Waals surface area contributed by atoms with Crippen LogP contribution in [0, 0.1) is 0 Å². The number of hydrogen-bond acceptors (Lipinski definition) is 4. The summed E-state index contributed by atoms with van der Waals surface area (Å²) in [5, 5.41) is 18.8. The molecule has 4 heteroatoms. The van der Waals surface area contributed by atoms with E-state index in [-0.39, 0.29) is 11.5 Å². The zero-order valence-electron chi connectivity index (χ0n) is 9.22. The van der Waals surface area contributed by atoms with Crippen molar-refractivity contribution in [3.8, 4) is 5.75 Å². The van der Waals surface area contributed by atoms with Crippen LogP contribution in [-0.4, -0.2) is 16.3 Å². The molecule has 1 aliphatic rings. The number of aliphatic hydroxyl groups excluding tert-OH is 1. The Morgan fingerprint density at radius 2 is 1.88 bits per heavy atom. The predicted molar refractivity (Wildman–Crippen MR) is 68.3 cm³/mol. The van der Waals surface area contributed by atoms with Crippen molar-refractivity contribution in [1.82, 2.24) is 0 Å². The number of phenolic OH excluding ortho intramolecular Hbond substituents is 1. The van der Waals surface area contributed by atoms with E-state index in [1.165, 1.54) is 12.1 Å². The van der Waals surface area contributed by atoms with Gasteiger partial charge in [0.05, 0.1) is 11.7 Å². The van der Waals surface area contributed by atoms with Crippen LogP contribution in [0.1, 0.15) is 5.56 Å². The molecule has 1 aliphatic carbocycles. The minimum Gasteiger partial charge on any atom is -0.510 e. The van der Waals surface area contributed by atoms with Gasteiger partial charge in [0.1, 0.15) is 11.5 Å². The highest BCUT2D eigenvalue weighted by molar-refractivity contribution is 5.84. The average molecular weight is 230 g/mol. The fourth-order valence-corrected chi connectivity index (χ4v) is 1.73. The van der Waals surface area contributed by atoms with Gasteiger partial charge >= 0.3 is 0 Å². The van der Waals surface area contributed by atoms with Gasteiger partial charge in [-0.05, 0) is 34.9 Å². The Balaban J connectivity index is 2.47. The quantitative estimate of drug-likeness (QED) is 0.436. The highest BCUT2D eigenvalue weighted by Crippen LogP contribution is 2.32. The number of nitrogens with two attached hydrogens (primary N) is 2. The highest BCUT2D eigenvalue weighted by atomic mass is 16.3. The molecule has 17 heavy (non-hydrogen) atoms. The van der Waals surface area contributed by atoms with E-state index in [1.54, 1.807) is 18.2 Å². The molecule has 1 aromatic carbocycles. The summed E-state index contributed by atoms with van der Waals surface area (Å²) in [7, 11) is 0. The Kier molecular flexibility index (Phi) is 2.65. The Morgan fingerprint density at radius 3 is 2.53 bits per heavy atom. The van der Waals surface area contributed by atoms with E-state index < -0.39 is 6.04 Å². The molecule has 0 fully saturated rings. The first-order valence-electron chi connectivity index (χ1n) is 5.15. The first kappa shape index (κ1) is 11.3. The van der Waals surface area contributed by atoms with Gasteiger partial charge in [0.25, 0.3) is 0 Å². The minimum atomic E-state index is -0.593. The Bertz CT molecular complexity index is 544. The van der Waals surface area contributed by atoms with Crippen LogP contribution in [0.4, 0.5) is 5.69 Å². The van der Waals surface area contributed by atoms with Crippen LogP contribution in [0.15, 0.2) is 48.3 Å². The number of benzene rings is 1. The van der Waals surface area contributed by atoms with Crippen LogP contribution < -0.4 is 11.5 Å². The molecule has 1 aromatic rings. The zero-order valence-corrected chi connectivity index (χ0v) is 9.22. The third-order valence-corrected chi connectivity index (χ3v) is 2.80. The van der Waals surface area contributed by atoms with Crippen LogP contribution in [0.5, 0.6) is 5.75 Å². The molecule has 1 atom stereocenters. The number of allylic oxidation sites excluding steroid dienone is 2. The number of rotatable bonds is 1.